The minimum atomic E-state index is 0.0935. The molecule has 1 aromatic carbocycles. The number of carbonyl (C=O) groups is 1. The Hall–Kier alpha value is -1.55. The quantitative estimate of drug-likeness (QED) is 0.867. The molecule has 21 heavy (non-hydrogen) atoms. The number of carbonyl (C=O) groups excluding carboxylic acids is 1. The molecule has 1 heterocycles. The molecule has 0 aromatic heterocycles. The predicted molar refractivity (Wildman–Crippen MR) is 85.4 cm³/mol. The van der Waals surface area contributed by atoms with Gasteiger partial charge in [0.2, 0.25) is 0 Å². The Morgan fingerprint density at radius 3 is 2.95 bits per heavy atom. The molecule has 116 valence electrons. The predicted octanol–water partition coefficient (Wildman–Crippen LogP) is 3.00. The number of nitrogens with zero attached hydrogens (tertiary/aromatic N) is 1. The summed E-state index contributed by atoms with van der Waals surface area (Å²) in [6.07, 6.45) is 4.31. The minimum absolute atomic E-state index is 0.0935. The molecule has 0 aliphatic carbocycles. The van der Waals surface area contributed by atoms with Gasteiger partial charge in [-0.05, 0) is 50.3 Å². The zero-order chi connectivity index (χ0) is 15.2. The lowest BCUT2D eigenvalue weighted by molar-refractivity contribution is 0.0432. The van der Waals surface area contributed by atoms with Crippen LogP contribution in [0.4, 0.5) is 5.69 Å². The zero-order valence-corrected chi connectivity index (χ0v) is 13.1. The fourth-order valence-electron chi connectivity index (χ4n) is 2.76. The van der Waals surface area contributed by atoms with Crippen LogP contribution in [0.15, 0.2) is 18.2 Å². The molecule has 1 saturated heterocycles. The van der Waals surface area contributed by atoms with Crippen molar-refractivity contribution in [2.45, 2.75) is 45.6 Å². The van der Waals surface area contributed by atoms with Gasteiger partial charge < -0.3 is 15.4 Å². The fourth-order valence-corrected chi connectivity index (χ4v) is 2.76. The molecular formula is C17H26N2O2. The van der Waals surface area contributed by atoms with Crippen LogP contribution < -0.4 is 5.73 Å². The highest BCUT2D eigenvalue weighted by molar-refractivity contribution is 5.96. The van der Waals surface area contributed by atoms with Crippen molar-refractivity contribution in [3.8, 4) is 0 Å². The molecule has 0 radical (unpaired) electrons. The maximum Gasteiger partial charge on any atom is 0.254 e. The summed E-state index contributed by atoms with van der Waals surface area (Å²) in [4.78, 5) is 14.6. The molecule has 1 aliphatic rings. The Kier molecular flexibility index (Phi) is 5.62. The van der Waals surface area contributed by atoms with Gasteiger partial charge in [-0.2, -0.15) is 0 Å². The molecule has 4 nitrogen and oxygen atoms in total. The third-order valence-corrected chi connectivity index (χ3v) is 4.01. The maximum atomic E-state index is 12.7. The molecule has 1 unspecified atom stereocenters. The monoisotopic (exact) mass is 290 g/mol. The topological polar surface area (TPSA) is 55.6 Å². The summed E-state index contributed by atoms with van der Waals surface area (Å²) >= 11 is 0. The fraction of sp³-hybridized carbons (Fsp3) is 0.588. The van der Waals surface area contributed by atoms with Gasteiger partial charge in [0.05, 0.1) is 6.10 Å². The number of likely N-dealkylation sites (tertiary alicyclic amines) is 1. The van der Waals surface area contributed by atoms with Crippen LogP contribution in [0.1, 0.15) is 48.5 Å². The SMILES string of the molecule is CCCOC1CCCN(C(=O)c2cc(N)ccc2C)CC1. The van der Waals surface area contributed by atoms with Crippen LogP contribution in [0.5, 0.6) is 0 Å². The number of anilines is 1. The summed E-state index contributed by atoms with van der Waals surface area (Å²) < 4.78 is 5.83. The summed E-state index contributed by atoms with van der Waals surface area (Å²) in [6.45, 7) is 6.46. The molecule has 2 rings (SSSR count). The van der Waals surface area contributed by atoms with Crippen molar-refractivity contribution in [3.05, 3.63) is 29.3 Å². The third kappa shape index (κ3) is 4.21. The van der Waals surface area contributed by atoms with Crippen molar-refractivity contribution in [1.29, 1.82) is 0 Å². The van der Waals surface area contributed by atoms with Gasteiger partial charge >= 0.3 is 0 Å². The van der Waals surface area contributed by atoms with E-state index >= 15 is 0 Å². The highest BCUT2D eigenvalue weighted by Crippen LogP contribution is 2.19. The highest BCUT2D eigenvalue weighted by Gasteiger charge is 2.22. The summed E-state index contributed by atoms with van der Waals surface area (Å²) in [5.41, 5.74) is 8.16. The second-order valence-corrected chi connectivity index (χ2v) is 5.79. The van der Waals surface area contributed by atoms with Gasteiger partial charge in [-0.1, -0.05) is 13.0 Å². The van der Waals surface area contributed by atoms with E-state index < -0.39 is 0 Å². The number of benzene rings is 1. The Labute approximate surface area is 127 Å². The average molecular weight is 290 g/mol. The van der Waals surface area contributed by atoms with E-state index in [0.717, 1.165) is 56.5 Å². The van der Waals surface area contributed by atoms with E-state index in [9.17, 15) is 4.79 Å². The zero-order valence-electron chi connectivity index (χ0n) is 13.1. The number of hydrogen-bond acceptors (Lipinski definition) is 3. The van der Waals surface area contributed by atoms with Crippen LogP contribution >= 0.6 is 0 Å². The van der Waals surface area contributed by atoms with Gasteiger partial charge in [0.1, 0.15) is 0 Å². The molecule has 1 aromatic rings. The Bertz CT molecular complexity index is 488. The van der Waals surface area contributed by atoms with Gasteiger partial charge in [-0.25, -0.2) is 0 Å². The molecule has 4 heteroatoms. The number of aryl methyl sites for hydroxylation is 1. The van der Waals surface area contributed by atoms with Crippen LogP contribution in [0.25, 0.3) is 0 Å². The lowest BCUT2D eigenvalue weighted by Gasteiger charge is -2.22. The molecule has 0 saturated carbocycles. The van der Waals surface area contributed by atoms with Crippen molar-refractivity contribution >= 4 is 11.6 Å². The molecule has 0 spiro atoms. The number of amides is 1. The number of hydrogen-bond donors (Lipinski definition) is 1. The van der Waals surface area contributed by atoms with E-state index in [1.807, 2.05) is 24.0 Å². The highest BCUT2D eigenvalue weighted by atomic mass is 16.5. The van der Waals surface area contributed by atoms with E-state index in [2.05, 4.69) is 6.92 Å². The standard InChI is InChI=1S/C17H26N2O2/c1-3-11-21-15-5-4-9-19(10-8-15)17(20)16-12-14(18)7-6-13(16)2/h6-7,12,15H,3-5,8-11,18H2,1-2H3. The lowest BCUT2D eigenvalue weighted by atomic mass is 10.1. The molecule has 0 bridgehead atoms. The molecular weight excluding hydrogens is 264 g/mol. The molecule has 1 fully saturated rings. The smallest absolute Gasteiger partial charge is 0.254 e. The van der Waals surface area contributed by atoms with Crippen molar-refractivity contribution in [1.82, 2.24) is 4.90 Å². The second-order valence-electron chi connectivity index (χ2n) is 5.79. The summed E-state index contributed by atoms with van der Waals surface area (Å²) in [6, 6.07) is 5.53. The summed E-state index contributed by atoms with van der Waals surface area (Å²) in [7, 11) is 0. The van der Waals surface area contributed by atoms with Crippen LogP contribution in [0.2, 0.25) is 0 Å². The van der Waals surface area contributed by atoms with Crippen LogP contribution in [-0.2, 0) is 4.74 Å². The van der Waals surface area contributed by atoms with Crippen molar-refractivity contribution < 1.29 is 9.53 Å². The Morgan fingerprint density at radius 1 is 1.38 bits per heavy atom. The van der Waals surface area contributed by atoms with Gasteiger partial charge in [0.25, 0.3) is 5.91 Å². The normalized spacial score (nSPS) is 19.3. The van der Waals surface area contributed by atoms with Crippen LogP contribution in [-0.4, -0.2) is 36.6 Å². The Balaban J connectivity index is 2.01. The lowest BCUT2D eigenvalue weighted by Crippen LogP contribution is -2.32. The first kappa shape index (κ1) is 15.8. The molecule has 1 aliphatic heterocycles. The second kappa shape index (κ2) is 7.46. The first-order chi connectivity index (χ1) is 10.1. The van der Waals surface area contributed by atoms with E-state index in [1.54, 1.807) is 6.07 Å². The van der Waals surface area contributed by atoms with Gasteiger partial charge in [0, 0.05) is 30.9 Å². The van der Waals surface area contributed by atoms with Crippen molar-refractivity contribution in [3.63, 3.8) is 0 Å². The van der Waals surface area contributed by atoms with E-state index in [4.69, 9.17) is 10.5 Å². The molecule has 1 amide bonds. The first-order valence-corrected chi connectivity index (χ1v) is 7.88. The van der Waals surface area contributed by atoms with Crippen LogP contribution in [0, 0.1) is 6.92 Å². The summed E-state index contributed by atoms with van der Waals surface area (Å²) in [5.74, 6) is 0.0935. The number of nitrogens with two attached hydrogens (primary N) is 1. The average Bonchev–Trinajstić information content (AvgIpc) is 2.72. The number of nitrogen functional groups attached to an aromatic ring is 1. The van der Waals surface area contributed by atoms with Gasteiger partial charge in [-0.15, -0.1) is 0 Å². The van der Waals surface area contributed by atoms with Gasteiger partial charge in [0.15, 0.2) is 0 Å². The van der Waals surface area contributed by atoms with Gasteiger partial charge in [-0.3, -0.25) is 4.79 Å². The maximum absolute atomic E-state index is 12.7. The van der Waals surface area contributed by atoms with E-state index in [-0.39, 0.29) is 5.91 Å². The summed E-state index contributed by atoms with van der Waals surface area (Å²) in [5, 5.41) is 0. The number of rotatable bonds is 4. The third-order valence-electron chi connectivity index (χ3n) is 4.01. The molecule has 1 atom stereocenters. The van der Waals surface area contributed by atoms with E-state index in [0.29, 0.717) is 11.8 Å². The van der Waals surface area contributed by atoms with Crippen LogP contribution in [0.3, 0.4) is 0 Å². The molecule has 2 N–H and O–H groups in total. The van der Waals surface area contributed by atoms with Crippen molar-refractivity contribution in [2.24, 2.45) is 0 Å². The van der Waals surface area contributed by atoms with Crippen molar-refractivity contribution in [2.75, 3.05) is 25.4 Å². The number of ether oxygens (including phenoxy) is 1. The Morgan fingerprint density at radius 2 is 2.19 bits per heavy atom. The first-order valence-electron chi connectivity index (χ1n) is 7.88. The van der Waals surface area contributed by atoms with E-state index in [1.165, 1.54) is 0 Å². The largest absolute Gasteiger partial charge is 0.399 e. The minimum Gasteiger partial charge on any atom is -0.399 e.